The molecule has 0 spiro atoms. The van der Waals surface area contributed by atoms with Crippen molar-refractivity contribution in [2.24, 2.45) is 0 Å². The summed E-state index contributed by atoms with van der Waals surface area (Å²) >= 11 is 0. The van der Waals surface area contributed by atoms with Crippen LogP contribution in [0.3, 0.4) is 0 Å². The van der Waals surface area contributed by atoms with Gasteiger partial charge in [0.25, 0.3) is 0 Å². The summed E-state index contributed by atoms with van der Waals surface area (Å²) in [4.78, 5) is 0. The van der Waals surface area contributed by atoms with Crippen molar-refractivity contribution in [3.05, 3.63) is 12.2 Å². The van der Waals surface area contributed by atoms with Gasteiger partial charge in [-0.2, -0.15) is 0 Å². The highest BCUT2D eigenvalue weighted by molar-refractivity contribution is 5.23. The zero-order valence-electron chi connectivity index (χ0n) is 8.04. The van der Waals surface area contributed by atoms with Gasteiger partial charge in [0.05, 0.1) is 0 Å². The van der Waals surface area contributed by atoms with E-state index in [0.717, 1.165) is 0 Å². The quantitative estimate of drug-likeness (QED) is 0.480. The normalized spacial score (nSPS) is 9.69. The van der Waals surface area contributed by atoms with Crippen molar-refractivity contribution in [3.8, 4) is 24.2 Å². The molecule has 2 nitrogen and oxygen atoms in total. The van der Waals surface area contributed by atoms with Gasteiger partial charge in [-0.3, -0.25) is 0 Å². The molecule has 0 aromatic carbocycles. The van der Waals surface area contributed by atoms with Gasteiger partial charge in [-0.15, -0.1) is 6.42 Å². The van der Waals surface area contributed by atoms with Crippen LogP contribution in [-0.2, 0) is 9.47 Å². The molecule has 0 amide bonds. The Bertz CT molecular complexity index is 231. The van der Waals surface area contributed by atoms with Gasteiger partial charge < -0.3 is 9.47 Å². The molecular weight excluding hydrogens is 164 g/mol. The van der Waals surface area contributed by atoms with Crippen molar-refractivity contribution < 1.29 is 9.47 Å². The van der Waals surface area contributed by atoms with Gasteiger partial charge in [0, 0.05) is 13.2 Å². The third kappa shape index (κ3) is 7.15. The maximum atomic E-state index is 5.18. The first-order valence-electron chi connectivity index (χ1n) is 4.20. The molecule has 0 aromatic rings. The molecule has 0 aliphatic carbocycles. The van der Waals surface area contributed by atoms with E-state index in [1.54, 1.807) is 6.08 Å². The molecule has 0 aromatic heterocycles. The first-order chi connectivity index (χ1) is 6.35. The Morgan fingerprint density at radius 1 is 1.23 bits per heavy atom. The Morgan fingerprint density at radius 2 is 1.85 bits per heavy atom. The van der Waals surface area contributed by atoms with Crippen molar-refractivity contribution >= 4 is 0 Å². The molecular formula is C11H14O2. The molecule has 0 heterocycles. The molecule has 13 heavy (non-hydrogen) atoms. The fourth-order valence-corrected chi connectivity index (χ4v) is 0.640. The van der Waals surface area contributed by atoms with Gasteiger partial charge in [-0.1, -0.05) is 11.8 Å². The maximum absolute atomic E-state index is 5.18. The van der Waals surface area contributed by atoms with Gasteiger partial charge >= 0.3 is 0 Å². The van der Waals surface area contributed by atoms with Gasteiger partial charge in [-0.05, 0) is 31.9 Å². The molecule has 0 bridgehead atoms. The van der Waals surface area contributed by atoms with E-state index in [0.29, 0.717) is 13.2 Å². The van der Waals surface area contributed by atoms with E-state index in [1.165, 1.54) is 6.08 Å². The zero-order valence-corrected chi connectivity index (χ0v) is 8.04. The molecule has 0 rings (SSSR count). The minimum Gasteiger partial charge on any atom is -0.342 e. The van der Waals surface area contributed by atoms with Crippen molar-refractivity contribution in [1.29, 1.82) is 0 Å². The lowest BCUT2D eigenvalue weighted by Gasteiger charge is -2.09. The number of allylic oxidation sites excluding steroid dienone is 2. The third-order valence-corrected chi connectivity index (χ3v) is 1.10. The van der Waals surface area contributed by atoms with Gasteiger partial charge in [0.1, 0.15) is 0 Å². The number of hydrogen-bond acceptors (Lipinski definition) is 2. The van der Waals surface area contributed by atoms with Crippen LogP contribution < -0.4 is 0 Å². The minimum atomic E-state index is -0.447. The van der Waals surface area contributed by atoms with Crippen LogP contribution in [0, 0.1) is 24.2 Å². The van der Waals surface area contributed by atoms with E-state index in [-0.39, 0.29) is 0 Å². The summed E-state index contributed by atoms with van der Waals surface area (Å²) in [7, 11) is 0. The summed E-state index contributed by atoms with van der Waals surface area (Å²) in [6, 6.07) is 0. The second kappa shape index (κ2) is 8.87. The number of rotatable bonds is 4. The highest BCUT2D eigenvalue weighted by atomic mass is 16.7. The lowest BCUT2D eigenvalue weighted by atomic mass is 10.5. The first kappa shape index (κ1) is 11.8. The molecule has 0 fully saturated rings. The SMILES string of the molecule is C#C/C=C\C#CC(OCC)OCC. The van der Waals surface area contributed by atoms with Crippen LogP contribution in [0.5, 0.6) is 0 Å². The Morgan fingerprint density at radius 3 is 2.31 bits per heavy atom. The Kier molecular flexibility index (Phi) is 8.04. The highest BCUT2D eigenvalue weighted by Crippen LogP contribution is 1.92. The summed E-state index contributed by atoms with van der Waals surface area (Å²) in [5.41, 5.74) is 0. The number of terminal acetylenes is 1. The standard InChI is InChI=1S/C11H14O2/c1-4-7-8-9-10-11(12-5-2)13-6-3/h1,7-8,11H,5-6H2,2-3H3/b8-7-. The maximum Gasteiger partial charge on any atom is 0.222 e. The molecule has 0 saturated heterocycles. The fourth-order valence-electron chi connectivity index (χ4n) is 0.640. The van der Waals surface area contributed by atoms with Crippen LogP contribution in [0.15, 0.2) is 12.2 Å². The summed E-state index contributed by atoms with van der Waals surface area (Å²) in [5.74, 6) is 7.85. The minimum absolute atomic E-state index is 0.447. The van der Waals surface area contributed by atoms with E-state index >= 15 is 0 Å². The molecule has 0 saturated carbocycles. The molecule has 0 aliphatic rings. The van der Waals surface area contributed by atoms with Crippen LogP contribution in [0.2, 0.25) is 0 Å². The van der Waals surface area contributed by atoms with E-state index < -0.39 is 6.29 Å². The average molecular weight is 178 g/mol. The second-order valence-electron chi connectivity index (χ2n) is 2.03. The zero-order chi connectivity index (χ0) is 9.94. The molecule has 0 N–H and O–H groups in total. The van der Waals surface area contributed by atoms with Crippen molar-refractivity contribution in [2.75, 3.05) is 13.2 Å². The Labute approximate surface area is 79.9 Å². The molecule has 70 valence electrons. The van der Waals surface area contributed by atoms with Crippen molar-refractivity contribution in [3.63, 3.8) is 0 Å². The highest BCUT2D eigenvalue weighted by Gasteiger charge is 2.00. The van der Waals surface area contributed by atoms with Crippen LogP contribution >= 0.6 is 0 Å². The van der Waals surface area contributed by atoms with Gasteiger partial charge in [-0.25, -0.2) is 0 Å². The Hall–Kier alpha value is -1.22. The summed E-state index contributed by atoms with van der Waals surface area (Å²) in [5, 5.41) is 0. The molecule has 0 unspecified atom stereocenters. The van der Waals surface area contributed by atoms with Gasteiger partial charge in [0.2, 0.25) is 6.29 Å². The topological polar surface area (TPSA) is 18.5 Å². The van der Waals surface area contributed by atoms with Crippen LogP contribution in [0.1, 0.15) is 13.8 Å². The monoisotopic (exact) mass is 178 g/mol. The third-order valence-electron chi connectivity index (χ3n) is 1.10. The summed E-state index contributed by atoms with van der Waals surface area (Å²) < 4.78 is 10.4. The average Bonchev–Trinajstić information content (AvgIpc) is 2.13. The fraction of sp³-hybridized carbons (Fsp3) is 0.455. The van der Waals surface area contributed by atoms with E-state index in [2.05, 4.69) is 17.8 Å². The summed E-state index contributed by atoms with van der Waals surface area (Å²) in [6.45, 7) is 4.95. The van der Waals surface area contributed by atoms with E-state index in [1.807, 2.05) is 13.8 Å². The molecule has 0 aliphatic heterocycles. The van der Waals surface area contributed by atoms with E-state index in [4.69, 9.17) is 15.9 Å². The number of ether oxygens (including phenoxy) is 2. The predicted octanol–water partition coefficient (Wildman–Crippen LogP) is 1.58. The smallest absolute Gasteiger partial charge is 0.222 e. The molecule has 2 heteroatoms. The van der Waals surface area contributed by atoms with Gasteiger partial charge in [0.15, 0.2) is 0 Å². The van der Waals surface area contributed by atoms with Crippen LogP contribution in [-0.4, -0.2) is 19.5 Å². The van der Waals surface area contributed by atoms with Crippen LogP contribution in [0.25, 0.3) is 0 Å². The molecule has 0 radical (unpaired) electrons. The lowest BCUT2D eigenvalue weighted by Crippen LogP contribution is -2.14. The predicted molar refractivity (Wildman–Crippen MR) is 52.8 cm³/mol. The van der Waals surface area contributed by atoms with Crippen molar-refractivity contribution in [2.45, 2.75) is 20.1 Å². The van der Waals surface area contributed by atoms with E-state index in [9.17, 15) is 0 Å². The first-order valence-corrected chi connectivity index (χ1v) is 4.20. The lowest BCUT2D eigenvalue weighted by molar-refractivity contribution is -0.0969. The van der Waals surface area contributed by atoms with Crippen LogP contribution in [0.4, 0.5) is 0 Å². The van der Waals surface area contributed by atoms with Crippen molar-refractivity contribution in [1.82, 2.24) is 0 Å². The molecule has 0 atom stereocenters. The largest absolute Gasteiger partial charge is 0.342 e. The summed E-state index contributed by atoms with van der Waals surface area (Å²) in [6.07, 6.45) is 7.67. The Balaban J connectivity index is 3.97. The second-order valence-corrected chi connectivity index (χ2v) is 2.03. The number of hydrogen-bond donors (Lipinski definition) is 0.